The maximum absolute atomic E-state index is 5.79. The Bertz CT molecular complexity index is 317. The van der Waals surface area contributed by atoms with Gasteiger partial charge < -0.3 is 4.74 Å². The van der Waals surface area contributed by atoms with E-state index in [1.807, 2.05) is 13.8 Å². The van der Waals surface area contributed by atoms with Gasteiger partial charge >= 0.3 is 0 Å². The molecule has 0 saturated heterocycles. The first-order valence-corrected chi connectivity index (χ1v) is 4.80. The molecule has 1 atom stereocenters. The van der Waals surface area contributed by atoms with Crippen molar-refractivity contribution in [3.05, 3.63) is 21.9 Å². The summed E-state index contributed by atoms with van der Waals surface area (Å²) in [5.41, 5.74) is 2.55. The van der Waals surface area contributed by atoms with E-state index in [1.54, 1.807) is 13.3 Å². The van der Waals surface area contributed by atoms with Gasteiger partial charge in [-0.15, -0.1) is 0 Å². The molecule has 1 rings (SSSR count). The van der Waals surface area contributed by atoms with Gasteiger partial charge in [0.2, 0.25) is 0 Å². The monoisotopic (exact) mass is 239 g/mol. The molecule has 0 spiro atoms. The molecule has 2 nitrogen and oxygen atoms in total. The lowest BCUT2D eigenvalue weighted by Crippen LogP contribution is -2.16. The molecule has 4 heteroatoms. The van der Waals surface area contributed by atoms with Gasteiger partial charge in [-0.05, 0) is 35.3 Å². The second-order valence-corrected chi connectivity index (χ2v) is 3.70. The molecule has 13 heavy (non-hydrogen) atoms. The summed E-state index contributed by atoms with van der Waals surface area (Å²) in [6, 6.07) is 0. The zero-order valence-corrected chi connectivity index (χ0v) is 9.55. The highest BCUT2D eigenvalue weighted by atomic mass is 79.9. The number of nitrogens with zero attached hydrogens (tertiary/aromatic N) is 1. The maximum atomic E-state index is 5.79. The molecule has 68 valence electrons. The molecular formula is C9H11BBrNO. The smallest absolute Gasteiger partial charge is 0.116 e. The molecule has 0 aliphatic rings. The Kier molecular flexibility index (Phi) is 3.51. The largest absolute Gasteiger partial charge is 0.377 e. The van der Waals surface area contributed by atoms with Crippen molar-refractivity contribution in [2.75, 3.05) is 7.11 Å². The lowest BCUT2D eigenvalue weighted by Gasteiger charge is -2.16. The van der Waals surface area contributed by atoms with Crippen LogP contribution in [0, 0.1) is 6.92 Å². The maximum Gasteiger partial charge on any atom is 0.116 e. The molecule has 1 heterocycles. The average Bonchev–Trinajstić information content (AvgIpc) is 2.12. The summed E-state index contributed by atoms with van der Waals surface area (Å²) in [6.45, 7) is 3.88. The zero-order valence-electron chi connectivity index (χ0n) is 7.97. The van der Waals surface area contributed by atoms with Crippen LogP contribution in [0.4, 0.5) is 0 Å². The highest BCUT2D eigenvalue weighted by Gasteiger charge is 2.13. The summed E-state index contributed by atoms with van der Waals surface area (Å²) in [5.74, 6) is 0. The quantitative estimate of drug-likeness (QED) is 0.733. The second-order valence-electron chi connectivity index (χ2n) is 2.90. The number of hydrogen-bond acceptors (Lipinski definition) is 2. The molecule has 0 aliphatic carbocycles. The number of aryl methyl sites for hydroxylation is 1. The number of aromatic nitrogens is 1. The molecule has 0 N–H and O–H groups in total. The number of hydrogen-bond donors (Lipinski definition) is 0. The van der Waals surface area contributed by atoms with E-state index in [1.165, 1.54) is 0 Å². The third-order valence-corrected chi connectivity index (χ3v) is 3.02. The normalized spacial score (nSPS) is 12.9. The van der Waals surface area contributed by atoms with Gasteiger partial charge in [0.1, 0.15) is 7.85 Å². The average molecular weight is 240 g/mol. The van der Waals surface area contributed by atoms with Crippen LogP contribution in [0.25, 0.3) is 0 Å². The fourth-order valence-corrected chi connectivity index (χ4v) is 1.80. The third kappa shape index (κ3) is 2.12. The lowest BCUT2D eigenvalue weighted by molar-refractivity contribution is 0.119. The highest BCUT2D eigenvalue weighted by Crippen LogP contribution is 2.24. The minimum absolute atomic E-state index is 0.0175. The number of rotatable bonds is 2. The summed E-state index contributed by atoms with van der Waals surface area (Å²) < 4.78 is 6.15. The number of methoxy groups -OCH3 is 1. The number of ether oxygens (including phenoxy) is 1. The van der Waals surface area contributed by atoms with Crippen molar-refractivity contribution in [1.82, 2.24) is 4.98 Å². The predicted molar refractivity (Wildman–Crippen MR) is 57.5 cm³/mol. The van der Waals surface area contributed by atoms with Crippen molar-refractivity contribution in [3.63, 3.8) is 0 Å². The van der Waals surface area contributed by atoms with E-state index < -0.39 is 0 Å². The van der Waals surface area contributed by atoms with Crippen LogP contribution in [0.2, 0.25) is 0 Å². The first kappa shape index (κ1) is 10.7. The Hall–Kier alpha value is -0.345. The van der Waals surface area contributed by atoms with Crippen LogP contribution < -0.4 is 5.46 Å². The molecular weight excluding hydrogens is 229 g/mol. The van der Waals surface area contributed by atoms with E-state index >= 15 is 0 Å². The molecule has 1 aromatic heterocycles. The van der Waals surface area contributed by atoms with Crippen LogP contribution in [0.3, 0.4) is 0 Å². The summed E-state index contributed by atoms with van der Waals surface area (Å²) in [6.07, 6.45) is 1.64. The molecule has 2 radical (unpaired) electrons. The summed E-state index contributed by atoms with van der Waals surface area (Å²) in [5, 5.41) is 0. The first-order valence-electron chi connectivity index (χ1n) is 4.01. The van der Waals surface area contributed by atoms with Gasteiger partial charge in [-0.1, -0.05) is 5.46 Å². The van der Waals surface area contributed by atoms with Gasteiger partial charge in [0.05, 0.1) is 11.8 Å². The summed E-state index contributed by atoms with van der Waals surface area (Å²) >= 11 is 3.45. The zero-order chi connectivity index (χ0) is 10.0. The number of pyridine rings is 1. The van der Waals surface area contributed by atoms with E-state index in [2.05, 4.69) is 20.9 Å². The van der Waals surface area contributed by atoms with Crippen LogP contribution in [0.15, 0.2) is 10.7 Å². The molecule has 1 unspecified atom stereocenters. The van der Waals surface area contributed by atoms with Crippen LogP contribution in [0.1, 0.15) is 24.3 Å². The van der Waals surface area contributed by atoms with E-state index in [4.69, 9.17) is 12.6 Å². The predicted octanol–water partition coefficient (Wildman–Crippen LogP) is 1.65. The topological polar surface area (TPSA) is 22.1 Å². The van der Waals surface area contributed by atoms with Crippen molar-refractivity contribution < 1.29 is 4.74 Å². The van der Waals surface area contributed by atoms with E-state index in [0.29, 0.717) is 5.46 Å². The van der Waals surface area contributed by atoms with E-state index in [-0.39, 0.29) is 6.10 Å². The van der Waals surface area contributed by atoms with Crippen molar-refractivity contribution in [2.24, 2.45) is 0 Å². The Morgan fingerprint density at radius 3 is 2.77 bits per heavy atom. The molecule has 0 aromatic carbocycles. The SMILES string of the molecule is [B]c1cnc(C)c(Br)c1C(C)OC. The van der Waals surface area contributed by atoms with Crippen molar-refractivity contribution >= 4 is 29.2 Å². The molecule has 0 fully saturated rings. The molecule has 0 saturated carbocycles. The first-order chi connectivity index (χ1) is 6.07. The standard InChI is InChI=1S/C9H11BBrNO/c1-5-9(11)8(6(2)13-3)7(10)4-12-5/h4,6H,1-3H3. The van der Waals surface area contributed by atoms with Gasteiger partial charge in [-0.25, -0.2) is 0 Å². The van der Waals surface area contributed by atoms with Crippen molar-refractivity contribution in [1.29, 1.82) is 0 Å². The fourth-order valence-electron chi connectivity index (χ4n) is 1.15. The lowest BCUT2D eigenvalue weighted by atomic mass is 9.90. The van der Waals surface area contributed by atoms with Gasteiger partial charge in [-0.3, -0.25) is 4.98 Å². The van der Waals surface area contributed by atoms with Crippen LogP contribution in [-0.2, 0) is 4.74 Å². The minimum Gasteiger partial charge on any atom is -0.377 e. The molecule has 1 aromatic rings. The van der Waals surface area contributed by atoms with Gasteiger partial charge in [0, 0.05) is 17.8 Å². The van der Waals surface area contributed by atoms with Crippen LogP contribution >= 0.6 is 15.9 Å². The van der Waals surface area contributed by atoms with Crippen molar-refractivity contribution in [2.45, 2.75) is 20.0 Å². The Morgan fingerprint density at radius 2 is 2.23 bits per heavy atom. The fraction of sp³-hybridized carbons (Fsp3) is 0.444. The van der Waals surface area contributed by atoms with Crippen LogP contribution in [-0.4, -0.2) is 19.9 Å². The summed E-state index contributed by atoms with van der Waals surface area (Å²) in [4.78, 5) is 4.13. The Morgan fingerprint density at radius 1 is 1.62 bits per heavy atom. The highest BCUT2D eigenvalue weighted by molar-refractivity contribution is 9.10. The molecule has 0 bridgehead atoms. The van der Waals surface area contributed by atoms with E-state index in [9.17, 15) is 0 Å². The van der Waals surface area contributed by atoms with Gasteiger partial charge in [-0.2, -0.15) is 0 Å². The Labute approximate surface area is 88.2 Å². The van der Waals surface area contributed by atoms with Gasteiger partial charge in [0.15, 0.2) is 0 Å². The minimum atomic E-state index is -0.0175. The second kappa shape index (κ2) is 4.25. The molecule has 0 amide bonds. The molecule has 0 aliphatic heterocycles. The third-order valence-electron chi connectivity index (χ3n) is 2.02. The summed E-state index contributed by atoms with van der Waals surface area (Å²) in [7, 11) is 7.45. The van der Waals surface area contributed by atoms with Crippen LogP contribution in [0.5, 0.6) is 0 Å². The van der Waals surface area contributed by atoms with Gasteiger partial charge in [0.25, 0.3) is 0 Å². The van der Waals surface area contributed by atoms with E-state index in [0.717, 1.165) is 15.7 Å². The number of halogens is 1. The Balaban J connectivity index is 3.25. The van der Waals surface area contributed by atoms with Crippen molar-refractivity contribution in [3.8, 4) is 0 Å².